The zero-order chi connectivity index (χ0) is 14.0. The van der Waals surface area contributed by atoms with E-state index in [2.05, 4.69) is 20.2 Å². The number of hydrogen-bond donors (Lipinski definition) is 1. The Morgan fingerprint density at radius 1 is 1.19 bits per heavy atom. The van der Waals surface area contributed by atoms with E-state index in [1.165, 1.54) is 19.2 Å². The molecule has 2 aliphatic carbocycles. The molecule has 0 radical (unpaired) electrons. The SMILES string of the molecule is Nc1ncnc2c1c(-c1cc(C3CC3)on1)nn2C1CC1. The highest BCUT2D eigenvalue weighted by molar-refractivity contribution is 5.97. The van der Waals surface area contributed by atoms with Crippen molar-refractivity contribution in [3.05, 3.63) is 18.2 Å². The molecule has 0 aliphatic heterocycles. The van der Waals surface area contributed by atoms with Crippen LogP contribution in [0.2, 0.25) is 0 Å². The molecule has 0 atom stereocenters. The molecule has 0 unspecified atom stereocenters. The van der Waals surface area contributed by atoms with Gasteiger partial charge in [0.1, 0.15) is 29.3 Å². The first-order chi connectivity index (χ1) is 10.3. The normalized spacial score (nSPS) is 18.5. The minimum Gasteiger partial charge on any atom is -0.383 e. The Labute approximate surface area is 120 Å². The third kappa shape index (κ3) is 1.66. The largest absolute Gasteiger partial charge is 0.383 e. The minimum atomic E-state index is 0.422. The first-order valence-corrected chi connectivity index (χ1v) is 7.27. The van der Waals surface area contributed by atoms with Gasteiger partial charge in [0.25, 0.3) is 0 Å². The van der Waals surface area contributed by atoms with Crippen LogP contribution >= 0.6 is 0 Å². The van der Waals surface area contributed by atoms with Gasteiger partial charge in [0.15, 0.2) is 5.65 Å². The van der Waals surface area contributed by atoms with Gasteiger partial charge in [-0.05, 0) is 25.7 Å². The molecule has 7 nitrogen and oxygen atoms in total. The van der Waals surface area contributed by atoms with Gasteiger partial charge < -0.3 is 10.3 Å². The van der Waals surface area contributed by atoms with Crippen LogP contribution in [0.1, 0.15) is 43.4 Å². The minimum absolute atomic E-state index is 0.422. The quantitative estimate of drug-likeness (QED) is 0.791. The van der Waals surface area contributed by atoms with E-state index in [0.717, 1.165) is 41.0 Å². The average molecular weight is 282 g/mol. The van der Waals surface area contributed by atoms with Crippen molar-refractivity contribution < 1.29 is 4.52 Å². The first-order valence-electron chi connectivity index (χ1n) is 7.27. The number of nitrogens with two attached hydrogens (primary N) is 1. The fourth-order valence-electron chi connectivity index (χ4n) is 2.71. The fourth-order valence-corrected chi connectivity index (χ4v) is 2.71. The number of nitrogens with zero attached hydrogens (tertiary/aromatic N) is 5. The van der Waals surface area contributed by atoms with Gasteiger partial charge in [0.05, 0.1) is 11.4 Å². The standard InChI is InChI=1S/C14H14N6O/c15-13-11-12(9-5-10(21-19-9)7-1-2-7)18-20(8-3-4-8)14(11)17-6-16-13/h5-8H,1-4H2,(H2,15,16,17). The Kier molecular flexibility index (Phi) is 2.04. The van der Waals surface area contributed by atoms with E-state index in [-0.39, 0.29) is 0 Å². The predicted molar refractivity (Wildman–Crippen MR) is 75.5 cm³/mol. The molecule has 3 heterocycles. The third-order valence-electron chi connectivity index (χ3n) is 4.16. The van der Waals surface area contributed by atoms with Crippen molar-refractivity contribution in [3.63, 3.8) is 0 Å². The molecule has 2 aliphatic rings. The predicted octanol–water partition coefficient (Wildman–Crippen LogP) is 2.28. The van der Waals surface area contributed by atoms with Crippen molar-refractivity contribution >= 4 is 16.9 Å². The molecule has 0 saturated heterocycles. The molecule has 0 amide bonds. The van der Waals surface area contributed by atoms with Gasteiger partial charge in [-0.2, -0.15) is 5.10 Å². The maximum absolute atomic E-state index is 6.04. The third-order valence-corrected chi connectivity index (χ3v) is 4.16. The fraction of sp³-hybridized carbons (Fsp3) is 0.429. The van der Waals surface area contributed by atoms with E-state index in [9.17, 15) is 0 Å². The maximum Gasteiger partial charge on any atom is 0.164 e. The summed E-state index contributed by atoms with van der Waals surface area (Å²) in [6.07, 6.45) is 6.10. The molecule has 21 heavy (non-hydrogen) atoms. The lowest BCUT2D eigenvalue weighted by molar-refractivity contribution is 0.386. The number of hydrogen-bond acceptors (Lipinski definition) is 6. The Bertz CT molecular complexity index is 842. The monoisotopic (exact) mass is 282 g/mol. The van der Waals surface area contributed by atoms with Gasteiger partial charge in [-0.1, -0.05) is 5.16 Å². The van der Waals surface area contributed by atoms with E-state index in [1.807, 2.05) is 10.7 Å². The average Bonchev–Trinajstić information content (AvgIpc) is 3.41. The molecule has 2 saturated carbocycles. The summed E-state index contributed by atoms with van der Waals surface area (Å²) in [5.74, 6) is 1.91. The molecule has 0 aromatic carbocycles. The maximum atomic E-state index is 6.04. The summed E-state index contributed by atoms with van der Waals surface area (Å²) in [5.41, 5.74) is 8.28. The Hall–Kier alpha value is -2.44. The van der Waals surface area contributed by atoms with E-state index in [1.54, 1.807) is 0 Å². The van der Waals surface area contributed by atoms with E-state index in [0.29, 0.717) is 17.8 Å². The van der Waals surface area contributed by atoms with Crippen molar-refractivity contribution in [1.82, 2.24) is 24.9 Å². The lowest BCUT2D eigenvalue weighted by atomic mass is 10.2. The summed E-state index contributed by atoms with van der Waals surface area (Å²) in [5, 5.41) is 9.64. The van der Waals surface area contributed by atoms with Gasteiger partial charge >= 0.3 is 0 Å². The summed E-state index contributed by atoms with van der Waals surface area (Å²) >= 11 is 0. The van der Waals surface area contributed by atoms with Crippen molar-refractivity contribution in [2.45, 2.75) is 37.6 Å². The highest BCUT2D eigenvalue weighted by atomic mass is 16.5. The molecule has 0 spiro atoms. The van der Waals surface area contributed by atoms with Crippen molar-refractivity contribution in [2.75, 3.05) is 5.73 Å². The van der Waals surface area contributed by atoms with Crippen molar-refractivity contribution in [1.29, 1.82) is 0 Å². The van der Waals surface area contributed by atoms with Crippen LogP contribution in [0, 0.1) is 0 Å². The van der Waals surface area contributed by atoms with Crippen LogP contribution in [0.25, 0.3) is 22.4 Å². The Balaban J connectivity index is 1.73. The summed E-state index contributed by atoms with van der Waals surface area (Å²) in [6, 6.07) is 2.40. The van der Waals surface area contributed by atoms with Gasteiger partial charge in [-0.25, -0.2) is 14.6 Å². The van der Waals surface area contributed by atoms with E-state index >= 15 is 0 Å². The van der Waals surface area contributed by atoms with E-state index < -0.39 is 0 Å². The number of aromatic nitrogens is 5. The summed E-state index contributed by atoms with van der Waals surface area (Å²) in [4.78, 5) is 8.45. The van der Waals surface area contributed by atoms with Crippen LogP contribution in [0.3, 0.4) is 0 Å². The van der Waals surface area contributed by atoms with Gasteiger partial charge in [0, 0.05) is 12.0 Å². The molecular weight excluding hydrogens is 268 g/mol. The smallest absolute Gasteiger partial charge is 0.164 e. The zero-order valence-corrected chi connectivity index (χ0v) is 11.4. The number of anilines is 1. The van der Waals surface area contributed by atoms with Crippen molar-refractivity contribution in [2.24, 2.45) is 0 Å². The van der Waals surface area contributed by atoms with Gasteiger partial charge in [-0.3, -0.25) is 0 Å². The Morgan fingerprint density at radius 3 is 2.81 bits per heavy atom. The van der Waals surface area contributed by atoms with Crippen LogP contribution in [-0.2, 0) is 0 Å². The molecular formula is C14H14N6O. The Morgan fingerprint density at radius 2 is 2.05 bits per heavy atom. The molecule has 2 fully saturated rings. The van der Waals surface area contributed by atoms with E-state index in [4.69, 9.17) is 10.3 Å². The van der Waals surface area contributed by atoms with Crippen LogP contribution in [0.4, 0.5) is 5.82 Å². The number of nitrogen functional groups attached to an aromatic ring is 1. The molecule has 106 valence electrons. The molecule has 7 heteroatoms. The topological polar surface area (TPSA) is 95.7 Å². The molecule has 0 bridgehead atoms. The summed E-state index contributed by atoms with van der Waals surface area (Å²) < 4.78 is 7.39. The number of rotatable bonds is 3. The van der Waals surface area contributed by atoms with Gasteiger partial charge in [0.2, 0.25) is 0 Å². The van der Waals surface area contributed by atoms with Crippen LogP contribution in [0.15, 0.2) is 16.9 Å². The highest BCUT2D eigenvalue weighted by Crippen LogP contribution is 2.43. The summed E-state index contributed by atoms with van der Waals surface area (Å²) in [7, 11) is 0. The second-order valence-corrected chi connectivity index (χ2v) is 5.87. The first kappa shape index (κ1) is 11.2. The lowest BCUT2D eigenvalue weighted by Crippen LogP contribution is -1.98. The van der Waals surface area contributed by atoms with Gasteiger partial charge in [-0.15, -0.1) is 0 Å². The summed E-state index contributed by atoms with van der Waals surface area (Å²) in [6.45, 7) is 0. The zero-order valence-electron chi connectivity index (χ0n) is 11.4. The number of fused-ring (bicyclic) bond motifs is 1. The molecule has 2 N–H and O–H groups in total. The van der Waals surface area contributed by atoms with Crippen LogP contribution < -0.4 is 5.73 Å². The van der Waals surface area contributed by atoms with Crippen LogP contribution in [-0.4, -0.2) is 24.9 Å². The highest BCUT2D eigenvalue weighted by Gasteiger charge is 2.32. The second-order valence-electron chi connectivity index (χ2n) is 5.87. The molecule has 3 aromatic rings. The second kappa shape index (κ2) is 3.81. The van der Waals surface area contributed by atoms with Crippen LogP contribution in [0.5, 0.6) is 0 Å². The van der Waals surface area contributed by atoms with Crippen molar-refractivity contribution in [3.8, 4) is 11.4 Å². The molecule has 5 rings (SSSR count). The lowest BCUT2D eigenvalue weighted by Gasteiger charge is -1.98. The molecule has 3 aromatic heterocycles.